The van der Waals surface area contributed by atoms with Gasteiger partial charge in [-0.3, -0.25) is 4.79 Å². The first-order chi connectivity index (χ1) is 14.9. The molecule has 1 aromatic rings. The van der Waals surface area contributed by atoms with Crippen LogP contribution < -0.4 is 10.6 Å². The molecule has 0 unspecified atom stereocenters. The molecule has 0 aromatic carbocycles. The largest absolute Gasteiger partial charge is 0.465 e. The number of nitrogens with zero attached hydrogens (tertiary/aromatic N) is 1. The number of amides is 1. The number of methoxy groups -OCH3 is 1. The first-order valence-corrected chi connectivity index (χ1v) is 12.7. The van der Waals surface area contributed by atoms with Gasteiger partial charge in [0.05, 0.1) is 17.6 Å². The highest BCUT2D eigenvalue weighted by Gasteiger charge is 2.48. The van der Waals surface area contributed by atoms with Crippen molar-refractivity contribution in [2.24, 2.45) is 23.7 Å². The smallest absolute Gasteiger partial charge is 0.341 e. The van der Waals surface area contributed by atoms with E-state index in [4.69, 9.17) is 17.0 Å². The van der Waals surface area contributed by atoms with Crippen molar-refractivity contribution in [1.29, 1.82) is 0 Å². The van der Waals surface area contributed by atoms with Gasteiger partial charge in [0.2, 0.25) is 0 Å². The van der Waals surface area contributed by atoms with Crippen molar-refractivity contribution >= 4 is 45.5 Å². The molecule has 1 amide bonds. The normalized spacial score (nSPS) is 28.3. The highest BCUT2D eigenvalue weighted by Crippen LogP contribution is 2.53. The molecule has 1 aromatic heterocycles. The van der Waals surface area contributed by atoms with Crippen molar-refractivity contribution in [3.63, 3.8) is 0 Å². The van der Waals surface area contributed by atoms with Gasteiger partial charge in [-0.2, -0.15) is 0 Å². The van der Waals surface area contributed by atoms with Gasteiger partial charge in [0, 0.05) is 19.1 Å². The summed E-state index contributed by atoms with van der Waals surface area (Å²) in [5.74, 6) is 2.68. The van der Waals surface area contributed by atoms with Crippen LogP contribution in [0.3, 0.4) is 0 Å². The van der Waals surface area contributed by atoms with Crippen LogP contribution in [0.5, 0.6) is 0 Å². The predicted octanol–water partition coefficient (Wildman–Crippen LogP) is 4.44. The number of thiocarbonyl (C=S) groups is 1. The molecule has 6 nitrogen and oxygen atoms in total. The Bertz CT molecular complexity index is 850. The molecule has 0 saturated heterocycles. The Morgan fingerprint density at radius 2 is 1.68 bits per heavy atom. The number of rotatable bonds is 6. The molecule has 1 heterocycles. The second-order valence-corrected chi connectivity index (χ2v) is 10.7. The minimum atomic E-state index is -0.452. The standard InChI is InChI=1S/C23H33N3O3S2/c1-5-26(6-2)21(27)19-12(3)17(22(28)29-4)20(31-19)25-23(30)24-18-15-8-13-7-14(10-15)11-16(18)9-13/h13-16,18H,5-11H2,1-4H3,(H2,24,25,30). The topological polar surface area (TPSA) is 70.7 Å². The van der Waals surface area contributed by atoms with Crippen LogP contribution in [0.25, 0.3) is 0 Å². The Hall–Kier alpha value is -1.67. The van der Waals surface area contributed by atoms with E-state index in [0.29, 0.717) is 57.1 Å². The Balaban J connectivity index is 1.53. The van der Waals surface area contributed by atoms with Gasteiger partial charge >= 0.3 is 5.97 Å². The zero-order valence-corrected chi connectivity index (χ0v) is 20.5. The maximum Gasteiger partial charge on any atom is 0.341 e. The molecule has 0 aliphatic heterocycles. The molecule has 2 N–H and O–H groups in total. The molecule has 0 radical (unpaired) electrons. The van der Waals surface area contributed by atoms with Gasteiger partial charge in [0.15, 0.2) is 5.11 Å². The molecule has 4 aliphatic carbocycles. The maximum absolute atomic E-state index is 13.0. The molecular formula is C23H33N3O3S2. The Labute approximate surface area is 194 Å². The minimum absolute atomic E-state index is 0.0642. The van der Waals surface area contributed by atoms with Crippen LogP contribution >= 0.6 is 23.6 Å². The van der Waals surface area contributed by atoms with E-state index < -0.39 is 5.97 Å². The number of anilines is 1. The molecule has 4 bridgehead atoms. The van der Waals surface area contributed by atoms with Crippen LogP contribution in [0.1, 0.15) is 71.5 Å². The zero-order valence-electron chi connectivity index (χ0n) is 18.8. The quantitative estimate of drug-likeness (QED) is 0.480. The van der Waals surface area contributed by atoms with Gasteiger partial charge in [-0.25, -0.2) is 4.79 Å². The Kier molecular flexibility index (Phi) is 6.58. The number of hydrogen-bond acceptors (Lipinski definition) is 5. The van der Waals surface area contributed by atoms with Gasteiger partial charge in [-0.15, -0.1) is 11.3 Å². The molecule has 0 atom stereocenters. The van der Waals surface area contributed by atoms with Crippen LogP contribution in [-0.2, 0) is 4.74 Å². The average Bonchev–Trinajstić information content (AvgIpc) is 3.06. The molecule has 4 saturated carbocycles. The van der Waals surface area contributed by atoms with E-state index >= 15 is 0 Å². The number of carbonyl (C=O) groups is 2. The van der Waals surface area contributed by atoms with E-state index in [0.717, 1.165) is 11.8 Å². The third kappa shape index (κ3) is 4.21. The predicted molar refractivity (Wildman–Crippen MR) is 128 cm³/mol. The van der Waals surface area contributed by atoms with Gasteiger partial charge in [-0.05, 0) is 94.3 Å². The Morgan fingerprint density at radius 3 is 2.19 bits per heavy atom. The first-order valence-electron chi connectivity index (χ1n) is 11.4. The summed E-state index contributed by atoms with van der Waals surface area (Å²) in [6, 6.07) is 0.409. The SMILES string of the molecule is CCN(CC)C(=O)c1sc(NC(=S)NC2C3CC4CC(C3)CC2C4)c(C(=O)OC)c1C. The van der Waals surface area contributed by atoms with Crippen LogP contribution in [0.15, 0.2) is 0 Å². The number of thiophene rings is 1. The van der Waals surface area contributed by atoms with Gasteiger partial charge < -0.3 is 20.3 Å². The second-order valence-electron chi connectivity index (χ2n) is 9.28. The van der Waals surface area contributed by atoms with Crippen molar-refractivity contribution in [2.75, 3.05) is 25.5 Å². The second kappa shape index (κ2) is 9.06. The van der Waals surface area contributed by atoms with E-state index in [1.165, 1.54) is 50.6 Å². The summed E-state index contributed by atoms with van der Waals surface area (Å²) in [5.41, 5.74) is 1.05. The Morgan fingerprint density at radius 1 is 1.10 bits per heavy atom. The molecular weight excluding hydrogens is 430 g/mol. The third-order valence-electron chi connectivity index (χ3n) is 7.53. The van der Waals surface area contributed by atoms with Crippen molar-refractivity contribution in [1.82, 2.24) is 10.2 Å². The molecule has 170 valence electrons. The van der Waals surface area contributed by atoms with Crippen LogP contribution in [-0.4, -0.2) is 48.1 Å². The number of esters is 1. The lowest BCUT2D eigenvalue weighted by atomic mass is 9.54. The number of nitrogens with one attached hydrogen (secondary N) is 2. The summed E-state index contributed by atoms with van der Waals surface area (Å²) < 4.78 is 5.01. The van der Waals surface area contributed by atoms with Crippen LogP contribution in [0.2, 0.25) is 0 Å². The number of ether oxygens (including phenoxy) is 1. The maximum atomic E-state index is 13.0. The van der Waals surface area contributed by atoms with E-state index in [1.54, 1.807) is 11.8 Å². The van der Waals surface area contributed by atoms with E-state index in [-0.39, 0.29) is 5.91 Å². The lowest BCUT2D eigenvalue weighted by Crippen LogP contribution is -2.56. The fourth-order valence-electron chi connectivity index (χ4n) is 6.26. The number of hydrogen-bond donors (Lipinski definition) is 2. The summed E-state index contributed by atoms with van der Waals surface area (Å²) in [6.07, 6.45) is 6.65. The first kappa shape index (κ1) is 22.5. The third-order valence-corrected chi connectivity index (χ3v) is 8.95. The van der Waals surface area contributed by atoms with E-state index in [2.05, 4.69) is 10.6 Å². The molecule has 31 heavy (non-hydrogen) atoms. The summed E-state index contributed by atoms with van der Waals surface area (Å²) in [4.78, 5) is 27.8. The van der Waals surface area contributed by atoms with Crippen molar-refractivity contribution < 1.29 is 14.3 Å². The zero-order chi connectivity index (χ0) is 22.3. The lowest BCUT2D eigenvalue weighted by Gasteiger charge is -2.54. The lowest BCUT2D eigenvalue weighted by molar-refractivity contribution is -0.00665. The van der Waals surface area contributed by atoms with Crippen LogP contribution in [0, 0.1) is 30.6 Å². The molecule has 4 fully saturated rings. The highest BCUT2D eigenvalue weighted by atomic mass is 32.1. The average molecular weight is 464 g/mol. The van der Waals surface area contributed by atoms with Crippen molar-refractivity contribution in [3.05, 3.63) is 16.0 Å². The highest BCUT2D eigenvalue weighted by molar-refractivity contribution is 7.80. The summed E-state index contributed by atoms with van der Waals surface area (Å²) in [7, 11) is 1.36. The summed E-state index contributed by atoms with van der Waals surface area (Å²) >= 11 is 6.96. The summed E-state index contributed by atoms with van der Waals surface area (Å²) in [5, 5.41) is 7.94. The van der Waals surface area contributed by atoms with Crippen molar-refractivity contribution in [3.8, 4) is 0 Å². The van der Waals surface area contributed by atoms with E-state index in [9.17, 15) is 9.59 Å². The molecule has 0 spiro atoms. The van der Waals surface area contributed by atoms with Gasteiger partial charge in [0.1, 0.15) is 5.00 Å². The molecule has 8 heteroatoms. The molecule has 4 aliphatic rings. The summed E-state index contributed by atoms with van der Waals surface area (Å²) in [6.45, 7) is 6.95. The monoisotopic (exact) mass is 463 g/mol. The van der Waals surface area contributed by atoms with Crippen molar-refractivity contribution in [2.45, 2.75) is 58.9 Å². The van der Waals surface area contributed by atoms with E-state index in [1.807, 2.05) is 13.8 Å². The number of carbonyl (C=O) groups excluding carboxylic acids is 2. The fourth-order valence-corrected chi connectivity index (χ4v) is 7.73. The minimum Gasteiger partial charge on any atom is -0.465 e. The fraction of sp³-hybridized carbons (Fsp3) is 0.696. The molecule has 5 rings (SSSR count). The van der Waals surface area contributed by atoms with Crippen LogP contribution in [0.4, 0.5) is 5.00 Å². The van der Waals surface area contributed by atoms with Gasteiger partial charge in [-0.1, -0.05) is 0 Å². The van der Waals surface area contributed by atoms with Gasteiger partial charge in [0.25, 0.3) is 5.91 Å².